The molecule has 0 saturated carbocycles. The van der Waals surface area contributed by atoms with E-state index in [4.69, 9.17) is 15.6 Å². The third-order valence-corrected chi connectivity index (χ3v) is 3.10. The van der Waals surface area contributed by atoms with Crippen LogP contribution in [0.2, 0.25) is 0 Å². The Morgan fingerprint density at radius 2 is 1.74 bits per heavy atom. The van der Waals surface area contributed by atoms with Crippen LogP contribution in [0.4, 0.5) is 5.69 Å². The number of hydrogen-bond donors (Lipinski definition) is 3. The minimum atomic E-state index is -1.11. The van der Waals surface area contributed by atoms with Crippen LogP contribution in [0, 0.1) is 0 Å². The summed E-state index contributed by atoms with van der Waals surface area (Å²) in [5.41, 5.74) is 7.08. The lowest BCUT2D eigenvalue weighted by atomic mass is 10.2. The van der Waals surface area contributed by atoms with E-state index < -0.39 is 24.3 Å². The Bertz CT molecular complexity index is 656. The lowest BCUT2D eigenvalue weighted by Crippen LogP contribution is -2.37. The lowest BCUT2D eigenvalue weighted by Gasteiger charge is -2.11. The summed E-state index contributed by atoms with van der Waals surface area (Å²) in [7, 11) is 0. The summed E-state index contributed by atoms with van der Waals surface area (Å²) in [6.07, 6.45) is -0.413. The molecule has 0 saturated heterocycles. The van der Waals surface area contributed by atoms with Gasteiger partial charge in [0.05, 0.1) is 12.5 Å². The van der Waals surface area contributed by atoms with Crippen molar-refractivity contribution in [1.29, 1.82) is 0 Å². The highest BCUT2D eigenvalue weighted by atomic mass is 16.5. The Hall–Kier alpha value is -2.86. The van der Waals surface area contributed by atoms with Gasteiger partial charge in [0, 0.05) is 5.69 Å². The molecule has 120 valence electrons. The minimum Gasteiger partial charge on any atom is -0.489 e. The van der Waals surface area contributed by atoms with E-state index in [1.54, 1.807) is 24.3 Å². The second-order valence-corrected chi connectivity index (χ2v) is 4.99. The average molecular weight is 314 g/mol. The standard InChI is InChI=1S/C17H18N2O4/c18-15(10-16(20)21)17(22)19-13-6-8-14(9-7-13)23-11-12-4-2-1-3-5-12/h1-9,15H,10-11,18H2,(H,19,22)(H,20,21)/t15-/m1/s1. The topological polar surface area (TPSA) is 102 Å². The van der Waals surface area contributed by atoms with Gasteiger partial charge in [-0.25, -0.2) is 0 Å². The Balaban J connectivity index is 1.87. The van der Waals surface area contributed by atoms with Gasteiger partial charge in [0.25, 0.3) is 0 Å². The molecule has 1 amide bonds. The van der Waals surface area contributed by atoms with Gasteiger partial charge in [-0.3, -0.25) is 9.59 Å². The number of nitrogens with two attached hydrogens (primary N) is 1. The Morgan fingerprint density at radius 1 is 1.09 bits per heavy atom. The second kappa shape index (κ2) is 7.95. The number of nitrogens with one attached hydrogen (secondary N) is 1. The van der Waals surface area contributed by atoms with Gasteiger partial charge < -0.3 is 20.9 Å². The molecule has 1 atom stereocenters. The fraction of sp³-hybridized carbons (Fsp3) is 0.176. The number of hydrogen-bond acceptors (Lipinski definition) is 4. The average Bonchev–Trinajstić information content (AvgIpc) is 2.54. The maximum absolute atomic E-state index is 11.7. The van der Waals surface area contributed by atoms with E-state index >= 15 is 0 Å². The molecule has 0 aliphatic rings. The monoisotopic (exact) mass is 314 g/mol. The fourth-order valence-corrected chi connectivity index (χ4v) is 1.89. The highest BCUT2D eigenvalue weighted by molar-refractivity contribution is 5.96. The number of carboxylic acid groups (broad SMARTS) is 1. The Kier molecular flexibility index (Phi) is 5.71. The van der Waals surface area contributed by atoms with Crippen LogP contribution in [0.25, 0.3) is 0 Å². The maximum atomic E-state index is 11.7. The Labute approximate surface area is 133 Å². The molecule has 4 N–H and O–H groups in total. The molecule has 0 heterocycles. The summed E-state index contributed by atoms with van der Waals surface area (Å²) in [5.74, 6) is -0.982. The van der Waals surface area contributed by atoms with Gasteiger partial charge in [0.1, 0.15) is 12.4 Å². The quantitative estimate of drug-likeness (QED) is 0.725. The van der Waals surface area contributed by atoms with E-state index in [0.717, 1.165) is 5.56 Å². The molecule has 6 nitrogen and oxygen atoms in total. The van der Waals surface area contributed by atoms with E-state index in [0.29, 0.717) is 18.0 Å². The molecule has 2 aromatic rings. The van der Waals surface area contributed by atoms with Crippen molar-refractivity contribution < 1.29 is 19.4 Å². The second-order valence-electron chi connectivity index (χ2n) is 4.99. The molecule has 2 rings (SSSR count). The van der Waals surface area contributed by atoms with Crippen molar-refractivity contribution in [2.24, 2.45) is 5.73 Å². The van der Waals surface area contributed by atoms with Crippen LogP contribution >= 0.6 is 0 Å². The molecular formula is C17H18N2O4. The molecule has 0 spiro atoms. The fourth-order valence-electron chi connectivity index (χ4n) is 1.89. The summed E-state index contributed by atoms with van der Waals surface area (Å²) >= 11 is 0. The zero-order valence-corrected chi connectivity index (χ0v) is 12.4. The minimum absolute atomic E-state index is 0.413. The third-order valence-electron chi connectivity index (χ3n) is 3.10. The predicted molar refractivity (Wildman–Crippen MR) is 86.1 cm³/mol. The van der Waals surface area contributed by atoms with Crippen LogP contribution in [0.3, 0.4) is 0 Å². The SMILES string of the molecule is N[C@H](CC(=O)O)C(=O)Nc1ccc(OCc2ccccc2)cc1. The number of amides is 1. The van der Waals surface area contributed by atoms with Crippen LogP contribution in [-0.2, 0) is 16.2 Å². The predicted octanol–water partition coefficient (Wildman–Crippen LogP) is 2.01. The first-order chi connectivity index (χ1) is 11.0. The molecule has 0 aliphatic carbocycles. The maximum Gasteiger partial charge on any atom is 0.305 e. The first kappa shape index (κ1) is 16.5. The molecule has 0 unspecified atom stereocenters. The molecule has 6 heteroatoms. The van der Waals surface area contributed by atoms with Crippen molar-refractivity contribution in [2.75, 3.05) is 5.32 Å². The van der Waals surface area contributed by atoms with E-state index in [-0.39, 0.29) is 0 Å². The number of aliphatic carboxylic acids is 1. The van der Waals surface area contributed by atoms with E-state index in [1.807, 2.05) is 30.3 Å². The summed E-state index contributed by atoms with van der Waals surface area (Å²) in [4.78, 5) is 22.2. The lowest BCUT2D eigenvalue weighted by molar-refractivity contribution is -0.138. The van der Waals surface area contributed by atoms with Gasteiger partial charge in [0.15, 0.2) is 0 Å². The highest BCUT2D eigenvalue weighted by Gasteiger charge is 2.16. The van der Waals surface area contributed by atoms with Crippen LogP contribution in [-0.4, -0.2) is 23.0 Å². The van der Waals surface area contributed by atoms with Crippen LogP contribution in [0.5, 0.6) is 5.75 Å². The first-order valence-electron chi connectivity index (χ1n) is 7.09. The molecule has 0 fully saturated rings. The molecule has 0 bridgehead atoms. The number of carbonyl (C=O) groups is 2. The summed E-state index contributed by atoms with van der Waals surface area (Å²) in [6.45, 7) is 0.454. The van der Waals surface area contributed by atoms with E-state index in [9.17, 15) is 9.59 Å². The van der Waals surface area contributed by atoms with Crippen molar-refractivity contribution in [2.45, 2.75) is 19.1 Å². The van der Waals surface area contributed by atoms with E-state index in [2.05, 4.69) is 5.32 Å². The van der Waals surface area contributed by atoms with Crippen molar-refractivity contribution in [1.82, 2.24) is 0 Å². The van der Waals surface area contributed by atoms with Crippen molar-refractivity contribution >= 4 is 17.6 Å². The van der Waals surface area contributed by atoms with Crippen molar-refractivity contribution in [3.63, 3.8) is 0 Å². The number of ether oxygens (including phenoxy) is 1. The van der Waals surface area contributed by atoms with Gasteiger partial charge >= 0.3 is 5.97 Å². The summed E-state index contributed by atoms with van der Waals surface area (Å²) < 4.78 is 5.64. The largest absolute Gasteiger partial charge is 0.489 e. The molecule has 2 aromatic carbocycles. The molecule has 0 radical (unpaired) electrons. The van der Waals surface area contributed by atoms with Gasteiger partial charge in [-0.2, -0.15) is 0 Å². The van der Waals surface area contributed by atoms with Gasteiger partial charge in [-0.15, -0.1) is 0 Å². The van der Waals surface area contributed by atoms with E-state index in [1.165, 1.54) is 0 Å². The van der Waals surface area contributed by atoms with Crippen molar-refractivity contribution in [3.8, 4) is 5.75 Å². The first-order valence-corrected chi connectivity index (χ1v) is 7.09. The van der Waals surface area contributed by atoms with Crippen LogP contribution in [0.15, 0.2) is 54.6 Å². The van der Waals surface area contributed by atoms with Gasteiger partial charge in [0.2, 0.25) is 5.91 Å². The Morgan fingerprint density at radius 3 is 2.35 bits per heavy atom. The van der Waals surface area contributed by atoms with Crippen LogP contribution in [0.1, 0.15) is 12.0 Å². The number of rotatable bonds is 7. The van der Waals surface area contributed by atoms with Gasteiger partial charge in [-0.1, -0.05) is 30.3 Å². The zero-order chi connectivity index (χ0) is 16.7. The molecule has 0 aromatic heterocycles. The molecular weight excluding hydrogens is 296 g/mol. The number of carbonyl (C=O) groups excluding carboxylic acids is 1. The normalized spacial score (nSPS) is 11.5. The highest BCUT2D eigenvalue weighted by Crippen LogP contribution is 2.17. The molecule has 0 aliphatic heterocycles. The zero-order valence-electron chi connectivity index (χ0n) is 12.4. The number of benzene rings is 2. The molecule has 23 heavy (non-hydrogen) atoms. The smallest absolute Gasteiger partial charge is 0.305 e. The van der Waals surface area contributed by atoms with Crippen molar-refractivity contribution in [3.05, 3.63) is 60.2 Å². The summed E-state index contributed by atoms with van der Waals surface area (Å²) in [6, 6.07) is 15.5. The summed E-state index contributed by atoms with van der Waals surface area (Å²) in [5, 5.41) is 11.2. The van der Waals surface area contributed by atoms with Crippen LogP contribution < -0.4 is 15.8 Å². The number of carboxylic acids is 1. The van der Waals surface area contributed by atoms with Gasteiger partial charge in [-0.05, 0) is 29.8 Å². The third kappa shape index (κ3) is 5.44. The number of anilines is 1.